The lowest BCUT2D eigenvalue weighted by Crippen LogP contribution is -2.12. The first kappa shape index (κ1) is 17.3. The molecule has 0 aliphatic carbocycles. The smallest absolute Gasteiger partial charge is 0.338 e. The first-order chi connectivity index (χ1) is 12.6. The summed E-state index contributed by atoms with van der Waals surface area (Å²) in [5, 5.41) is 14.1. The third-order valence-corrected chi connectivity index (χ3v) is 3.55. The number of nitrogens with one attached hydrogen (secondary N) is 1. The van der Waals surface area contributed by atoms with Crippen LogP contribution in [0.3, 0.4) is 0 Å². The highest BCUT2D eigenvalue weighted by molar-refractivity contribution is 5.92. The number of aromatic nitrogens is 4. The number of ether oxygens (including phenoxy) is 1. The van der Waals surface area contributed by atoms with Crippen molar-refractivity contribution in [1.82, 2.24) is 20.2 Å². The number of carbonyl (C=O) groups is 2. The third-order valence-electron chi connectivity index (χ3n) is 3.55. The van der Waals surface area contributed by atoms with Gasteiger partial charge in [-0.05, 0) is 40.3 Å². The average Bonchev–Trinajstić information content (AvgIpc) is 3.07. The van der Waals surface area contributed by atoms with Crippen molar-refractivity contribution >= 4 is 17.6 Å². The summed E-state index contributed by atoms with van der Waals surface area (Å²) >= 11 is 0. The van der Waals surface area contributed by atoms with Gasteiger partial charge in [0.05, 0.1) is 12.1 Å². The Morgan fingerprint density at radius 3 is 2.50 bits per heavy atom. The predicted molar refractivity (Wildman–Crippen MR) is 93.2 cm³/mol. The molecule has 8 heteroatoms. The SMILES string of the molecule is CC(=O)Nc1ccc(C(=O)OCc2nnnn2Cc2ccccc2)cc1. The number of rotatable bonds is 6. The van der Waals surface area contributed by atoms with Gasteiger partial charge in [-0.15, -0.1) is 5.10 Å². The first-order valence-electron chi connectivity index (χ1n) is 7.95. The highest BCUT2D eigenvalue weighted by Crippen LogP contribution is 2.11. The van der Waals surface area contributed by atoms with E-state index in [1.165, 1.54) is 6.92 Å². The summed E-state index contributed by atoms with van der Waals surface area (Å²) in [6.07, 6.45) is 0. The molecule has 0 aliphatic heterocycles. The van der Waals surface area contributed by atoms with E-state index in [1.54, 1.807) is 28.9 Å². The van der Waals surface area contributed by atoms with Gasteiger partial charge >= 0.3 is 5.97 Å². The van der Waals surface area contributed by atoms with Crippen LogP contribution >= 0.6 is 0 Å². The predicted octanol–water partition coefficient (Wildman–Crippen LogP) is 2.04. The summed E-state index contributed by atoms with van der Waals surface area (Å²) in [4.78, 5) is 23.2. The van der Waals surface area contributed by atoms with Gasteiger partial charge in [-0.1, -0.05) is 30.3 Å². The van der Waals surface area contributed by atoms with Crippen molar-refractivity contribution in [2.75, 3.05) is 5.32 Å². The number of anilines is 1. The molecule has 0 saturated carbocycles. The lowest BCUT2D eigenvalue weighted by Gasteiger charge is -2.07. The second-order valence-electron chi connectivity index (χ2n) is 5.57. The molecule has 0 fully saturated rings. The van der Waals surface area contributed by atoms with E-state index in [0.29, 0.717) is 23.6 Å². The molecule has 0 aliphatic rings. The van der Waals surface area contributed by atoms with Gasteiger partial charge in [-0.2, -0.15) is 0 Å². The van der Waals surface area contributed by atoms with Crippen LogP contribution in [-0.2, 0) is 22.7 Å². The fraction of sp³-hybridized carbons (Fsp3) is 0.167. The average molecular weight is 351 g/mol. The molecule has 0 saturated heterocycles. The van der Waals surface area contributed by atoms with Crippen LogP contribution in [0.2, 0.25) is 0 Å². The van der Waals surface area contributed by atoms with Gasteiger partial charge < -0.3 is 10.1 Å². The largest absolute Gasteiger partial charge is 0.454 e. The van der Waals surface area contributed by atoms with E-state index in [-0.39, 0.29) is 12.5 Å². The number of amides is 1. The molecule has 0 bridgehead atoms. The number of hydrogen-bond donors (Lipinski definition) is 1. The van der Waals surface area contributed by atoms with Crippen LogP contribution in [0.25, 0.3) is 0 Å². The summed E-state index contributed by atoms with van der Waals surface area (Å²) in [7, 11) is 0. The first-order valence-corrected chi connectivity index (χ1v) is 7.95. The van der Waals surface area contributed by atoms with E-state index >= 15 is 0 Å². The highest BCUT2D eigenvalue weighted by Gasteiger charge is 2.12. The molecular weight excluding hydrogens is 334 g/mol. The minimum absolute atomic E-state index is 0.0356. The van der Waals surface area contributed by atoms with Gasteiger partial charge in [0.2, 0.25) is 5.91 Å². The maximum Gasteiger partial charge on any atom is 0.338 e. The molecule has 0 atom stereocenters. The summed E-state index contributed by atoms with van der Waals surface area (Å²) < 4.78 is 6.87. The normalized spacial score (nSPS) is 10.3. The van der Waals surface area contributed by atoms with Crippen LogP contribution in [0.1, 0.15) is 28.7 Å². The van der Waals surface area contributed by atoms with E-state index < -0.39 is 5.97 Å². The molecule has 0 spiro atoms. The molecule has 8 nitrogen and oxygen atoms in total. The Hall–Kier alpha value is -3.55. The fourth-order valence-corrected chi connectivity index (χ4v) is 2.31. The zero-order valence-corrected chi connectivity index (χ0v) is 14.1. The Labute approximate surface area is 149 Å². The molecule has 1 heterocycles. The standard InChI is InChI=1S/C18H17N5O3/c1-13(24)19-16-9-7-15(8-10-16)18(25)26-12-17-20-21-22-23(17)11-14-5-3-2-4-6-14/h2-10H,11-12H2,1H3,(H,19,24). The summed E-state index contributed by atoms with van der Waals surface area (Å²) in [5.74, 6) is -0.212. The Morgan fingerprint density at radius 1 is 1.08 bits per heavy atom. The van der Waals surface area contributed by atoms with E-state index in [1.807, 2.05) is 30.3 Å². The molecule has 132 valence electrons. The van der Waals surface area contributed by atoms with E-state index in [2.05, 4.69) is 20.8 Å². The maximum atomic E-state index is 12.2. The zero-order chi connectivity index (χ0) is 18.4. The zero-order valence-electron chi connectivity index (χ0n) is 14.1. The molecule has 2 aromatic carbocycles. The Balaban J connectivity index is 1.60. The van der Waals surface area contributed by atoms with Gasteiger partial charge in [0.25, 0.3) is 0 Å². The van der Waals surface area contributed by atoms with Crippen LogP contribution in [0.4, 0.5) is 5.69 Å². The fourth-order valence-electron chi connectivity index (χ4n) is 2.31. The number of carbonyl (C=O) groups excluding carboxylic acids is 2. The third kappa shape index (κ3) is 4.50. The number of esters is 1. The number of hydrogen-bond acceptors (Lipinski definition) is 6. The van der Waals surface area contributed by atoms with E-state index in [9.17, 15) is 9.59 Å². The van der Waals surface area contributed by atoms with E-state index in [0.717, 1.165) is 5.56 Å². The molecule has 3 aromatic rings. The second-order valence-corrected chi connectivity index (χ2v) is 5.57. The van der Waals surface area contributed by atoms with Crippen molar-refractivity contribution in [3.05, 3.63) is 71.5 Å². The van der Waals surface area contributed by atoms with Crippen molar-refractivity contribution in [3.8, 4) is 0 Å². The monoisotopic (exact) mass is 351 g/mol. The quantitative estimate of drug-likeness (QED) is 0.682. The number of tetrazole rings is 1. The van der Waals surface area contributed by atoms with Crippen molar-refractivity contribution in [2.24, 2.45) is 0 Å². The molecule has 3 rings (SSSR count). The Kier molecular flexibility index (Phi) is 5.33. The highest BCUT2D eigenvalue weighted by atomic mass is 16.5. The van der Waals surface area contributed by atoms with Crippen LogP contribution in [0, 0.1) is 0 Å². The van der Waals surface area contributed by atoms with Gasteiger partial charge in [-0.3, -0.25) is 4.79 Å². The van der Waals surface area contributed by atoms with Gasteiger partial charge in [0.15, 0.2) is 12.4 Å². The molecule has 1 amide bonds. The molecule has 1 N–H and O–H groups in total. The van der Waals surface area contributed by atoms with Crippen molar-refractivity contribution in [2.45, 2.75) is 20.1 Å². The minimum Gasteiger partial charge on any atom is -0.454 e. The molecule has 0 unspecified atom stereocenters. The molecule has 1 aromatic heterocycles. The lowest BCUT2D eigenvalue weighted by atomic mass is 10.2. The van der Waals surface area contributed by atoms with Crippen LogP contribution < -0.4 is 5.32 Å². The topological polar surface area (TPSA) is 99.0 Å². The number of benzene rings is 2. The summed E-state index contributed by atoms with van der Waals surface area (Å²) in [5.41, 5.74) is 2.03. The van der Waals surface area contributed by atoms with Gasteiger partial charge in [0.1, 0.15) is 0 Å². The lowest BCUT2D eigenvalue weighted by molar-refractivity contribution is -0.114. The minimum atomic E-state index is -0.492. The van der Waals surface area contributed by atoms with Crippen LogP contribution in [0.5, 0.6) is 0 Å². The molecular formula is C18H17N5O3. The Bertz CT molecular complexity index is 891. The van der Waals surface area contributed by atoms with E-state index in [4.69, 9.17) is 4.74 Å². The van der Waals surface area contributed by atoms with Gasteiger partial charge in [0, 0.05) is 12.6 Å². The number of nitrogens with zero attached hydrogens (tertiary/aromatic N) is 4. The summed E-state index contributed by atoms with van der Waals surface area (Å²) in [6, 6.07) is 16.2. The second kappa shape index (κ2) is 8.02. The van der Waals surface area contributed by atoms with Crippen molar-refractivity contribution < 1.29 is 14.3 Å². The molecule has 26 heavy (non-hydrogen) atoms. The Morgan fingerprint density at radius 2 is 1.81 bits per heavy atom. The van der Waals surface area contributed by atoms with Gasteiger partial charge in [-0.25, -0.2) is 9.48 Å². The molecule has 0 radical (unpaired) electrons. The van der Waals surface area contributed by atoms with Crippen molar-refractivity contribution in [1.29, 1.82) is 0 Å². The van der Waals surface area contributed by atoms with Crippen LogP contribution in [0.15, 0.2) is 54.6 Å². The van der Waals surface area contributed by atoms with Crippen LogP contribution in [-0.4, -0.2) is 32.1 Å². The van der Waals surface area contributed by atoms with Crippen molar-refractivity contribution in [3.63, 3.8) is 0 Å². The maximum absolute atomic E-state index is 12.2. The summed E-state index contributed by atoms with van der Waals surface area (Å²) in [6.45, 7) is 1.88.